The van der Waals surface area contributed by atoms with Crippen LogP contribution in [-0.4, -0.2) is 48.5 Å². The van der Waals surface area contributed by atoms with Crippen LogP contribution in [-0.2, 0) is 4.79 Å². The van der Waals surface area contributed by atoms with E-state index in [1.54, 1.807) is 0 Å². The third-order valence-electron chi connectivity index (χ3n) is 5.66. The van der Waals surface area contributed by atoms with E-state index in [1.165, 1.54) is 5.69 Å². The van der Waals surface area contributed by atoms with E-state index in [9.17, 15) is 10.1 Å². The number of hydrogen-bond acceptors (Lipinski definition) is 5. The van der Waals surface area contributed by atoms with Gasteiger partial charge < -0.3 is 9.80 Å². The van der Waals surface area contributed by atoms with E-state index in [0.29, 0.717) is 5.96 Å². The van der Waals surface area contributed by atoms with Crippen LogP contribution in [0.1, 0.15) is 25.7 Å². The van der Waals surface area contributed by atoms with Gasteiger partial charge >= 0.3 is 0 Å². The standard InChI is InChI=1S/C19H23N5O/c20-14-16-17(25)21-18(22-19(16)8-4-5-9-19)24-12-10-23(11-13-24)15-6-2-1-3-7-15/h1-3,6-7,16H,4-5,8-13H2,(H,21,22,25). The van der Waals surface area contributed by atoms with Gasteiger partial charge in [-0.2, -0.15) is 5.26 Å². The molecule has 0 aromatic heterocycles. The Morgan fingerprint density at radius 3 is 2.36 bits per heavy atom. The second-order valence-electron chi connectivity index (χ2n) is 7.11. The topological polar surface area (TPSA) is 71.7 Å². The lowest BCUT2D eigenvalue weighted by atomic mass is 9.82. The summed E-state index contributed by atoms with van der Waals surface area (Å²) in [5.41, 5.74) is 0.733. The number of carbonyl (C=O) groups is 1. The molecule has 130 valence electrons. The highest BCUT2D eigenvalue weighted by Gasteiger charge is 2.49. The summed E-state index contributed by atoms with van der Waals surface area (Å²) in [7, 11) is 0. The summed E-state index contributed by atoms with van der Waals surface area (Å²) in [5.74, 6) is -0.157. The minimum Gasteiger partial charge on any atom is -0.368 e. The molecule has 2 fully saturated rings. The van der Waals surface area contributed by atoms with Crippen LogP contribution in [0.2, 0.25) is 0 Å². The molecule has 2 aliphatic heterocycles. The summed E-state index contributed by atoms with van der Waals surface area (Å²) in [6.07, 6.45) is 3.77. The molecular weight excluding hydrogens is 314 g/mol. The first-order valence-corrected chi connectivity index (χ1v) is 9.07. The molecule has 1 N–H and O–H groups in total. The number of aliphatic imine (C=N–C) groups is 1. The predicted molar refractivity (Wildman–Crippen MR) is 96.1 cm³/mol. The quantitative estimate of drug-likeness (QED) is 0.847. The molecule has 25 heavy (non-hydrogen) atoms. The fourth-order valence-electron chi connectivity index (χ4n) is 4.26. The lowest BCUT2D eigenvalue weighted by Crippen LogP contribution is -2.59. The first kappa shape index (κ1) is 15.9. The Morgan fingerprint density at radius 2 is 1.72 bits per heavy atom. The van der Waals surface area contributed by atoms with Crippen LogP contribution in [0.15, 0.2) is 35.3 Å². The van der Waals surface area contributed by atoms with Crippen LogP contribution >= 0.6 is 0 Å². The number of amides is 1. The molecule has 1 aromatic carbocycles. The first-order chi connectivity index (χ1) is 12.2. The van der Waals surface area contributed by atoms with Crippen LogP contribution in [0.25, 0.3) is 0 Å². The van der Waals surface area contributed by atoms with E-state index in [1.807, 2.05) is 6.07 Å². The molecule has 1 saturated heterocycles. The van der Waals surface area contributed by atoms with Crippen molar-refractivity contribution >= 4 is 17.6 Å². The molecule has 3 aliphatic rings. The van der Waals surface area contributed by atoms with Crippen LogP contribution < -0.4 is 10.2 Å². The number of guanidine groups is 1. The zero-order chi connectivity index (χ0) is 17.3. The number of nitriles is 1. The van der Waals surface area contributed by atoms with Crippen molar-refractivity contribution in [3.05, 3.63) is 30.3 Å². The zero-order valence-electron chi connectivity index (χ0n) is 14.3. The molecule has 1 atom stereocenters. The van der Waals surface area contributed by atoms with Gasteiger partial charge in [-0.3, -0.25) is 10.1 Å². The van der Waals surface area contributed by atoms with Crippen LogP contribution in [0.3, 0.4) is 0 Å². The first-order valence-electron chi connectivity index (χ1n) is 9.07. The van der Waals surface area contributed by atoms with Gasteiger partial charge in [-0.15, -0.1) is 0 Å². The van der Waals surface area contributed by atoms with Gasteiger partial charge in [0.15, 0.2) is 5.92 Å². The summed E-state index contributed by atoms with van der Waals surface area (Å²) < 4.78 is 0. The zero-order valence-corrected chi connectivity index (χ0v) is 14.3. The molecule has 4 rings (SSSR count). The Labute approximate surface area is 148 Å². The predicted octanol–water partition coefficient (Wildman–Crippen LogP) is 1.75. The molecule has 6 nitrogen and oxygen atoms in total. The number of anilines is 1. The number of carbonyl (C=O) groups excluding carboxylic acids is 1. The van der Waals surface area contributed by atoms with Crippen LogP contribution in [0.4, 0.5) is 5.69 Å². The smallest absolute Gasteiger partial charge is 0.246 e. The van der Waals surface area contributed by atoms with Gasteiger partial charge in [0.2, 0.25) is 11.9 Å². The number of hydrogen-bond donors (Lipinski definition) is 1. The highest BCUT2D eigenvalue weighted by molar-refractivity contribution is 6.02. The van der Waals surface area contributed by atoms with Crippen molar-refractivity contribution in [1.29, 1.82) is 5.26 Å². The summed E-state index contributed by atoms with van der Waals surface area (Å²) in [4.78, 5) is 21.9. The molecule has 1 aliphatic carbocycles. The molecule has 1 aromatic rings. The molecule has 1 unspecified atom stereocenters. The lowest BCUT2D eigenvalue weighted by molar-refractivity contribution is -0.124. The number of benzene rings is 1. The highest BCUT2D eigenvalue weighted by Crippen LogP contribution is 2.41. The molecule has 0 radical (unpaired) electrons. The largest absolute Gasteiger partial charge is 0.368 e. The van der Waals surface area contributed by atoms with Crippen molar-refractivity contribution in [3.63, 3.8) is 0 Å². The minimum atomic E-state index is -0.649. The van der Waals surface area contributed by atoms with E-state index in [2.05, 4.69) is 45.5 Å². The Hall–Kier alpha value is -2.55. The maximum atomic E-state index is 12.5. The van der Waals surface area contributed by atoms with Gasteiger partial charge in [0.1, 0.15) is 0 Å². The Kier molecular flexibility index (Phi) is 4.08. The molecule has 0 bridgehead atoms. The van der Waals surface area contributed by atoms with E-state index < -0.39 is 11.5 Å². The summed E-state index contributed by atoms with van der Waals surface area (Å²) in [5, 5.41) is 12.3. The number of rotatable bonds is 1. The van der Waals surface area contributed by atoms with Gasteiger partial charge in [0, 0.05) is 31.9 Å². The van der Waals surface area contributed by atoms with Crippen molar-refractivity contribution in [1.82, 2.24) is 10.2 Å². The molecule has 1 amide bonds. The molecule has 1 spiro atoms. The summed E-state index contributed by atoms with van der Waals surface area (Å²) >= 11 is 0. The number of piperazine rings is 1. The fraction of sp³-hybridized carbons (Fsp3) is 0.526. The summed E-state index contributed by atoms with van der Waals surface area (Å²) in [6.45, 7) is 3.43. The fourth-order valence-corrected chi connectivity index (χ4v) is 4.26. The van der Waals surface area contributed by atoms with Gasteiger partial charge in [0.25, 0.3) is 0 Å². The van der Waals surface area contributed by atoms with Crippen molar-refractivity contribution in [2.24, 2.45) is 10.9 Å². The molecule has 6 heteroatoms. The maximum Gasteiger partial charge on any atom is 0.246 e. The van der Waals surface area contributed by atoms with E-state index >= 15 is 0 Å². The van der Waals surface area contributed by atoms with Gasteiger partial charge in [-0.25, -0.2) is 4.99 Å². The monoisotopic (exact) mass is 337 g/mol. The van der Waals surface area contributed by atoms with Crippen LogP contribution in [0.5, 0.6) is 0 Å². The van der Waals surface area contributed by atoms with Gasteiger partial charge in [0.05, 0.1) is 11.6 Å². The number of para-hydroxylation sites is 1. The third-order valence-corrected chi connectivity index (χ3v) is 5.66. The minimum absolute atomic E-state index is 0.181. The van der Waals surface area contributed by atoms with E-state index in [4.69, 9.17) is 4.99 Å². The van der Waals surface area contributed by atoms with Crippen molar-refractivity contribution in [2.45, 2.75) is 31.2 Å². The lowest BCUT2D eigenvalue weighted by Gasteiger charge is -2.41. The maximum absolute atomic E-state index is 12.5. The highest BCUT2D eigenvalue weighted by atomic mass is 16.2. The van der Waals surface area contributed by atoms with E-state index in [0.717, 1.165) is 51.9 Å². The van der Waals surface area contributed by atoms with Crippen molar-refractivity contribution in [3.8, 4) is 6.07 Å². The van der Waals surface area contributed by atoms with Gasteiger partial charge in [-0.05, 0) is 25.0 Å². The van der Waals surface area contributed by atoms with Crippen molar-refractivity contribution in [2.75, 3.05) is 31.1 Å². The normalized spacial score (nSPS) is 25.5. The second-order valence-corrected chi connectivity index (χ2v) is 7.11. The van der Waals surface area contributed by atoms with Gasteiger partial charge in [-0.1, -0.05) is 31.0 Å². The number of nitrogens with zero attached hydrogens (tertiary/aromatic N) is 4. The van der Waals surface area contributed by atoms with E-state index in [-0.39, 0.29) is 5.91 Å². The summed E-state index contributed by atoms with van der Waals surface area (Å²) in [6, 6.07) is 12.6. The second kappa shape index (κ2) is 6.40. The SMILES string of the molecule is N#CC1C(=O)NC(N2CCN(c3ccccc3)CC2)=NC12CCCC2. The average Bonchev–Trinajstić information content (AvgIpc) is 3.11. The molecular formula is C19H23N5O. The average molecular weight is 337 g/mol. The van der Waals surface area contributed by atoms with Crippen LogP contribution in [0, 0.1) is 17.2 Å². The Morgan fingerprint density at radius 1 is 1.08 bits per heavy atom. The number of nitrogens with one attached hydrogen (secondary N) is 1. The molecule has 2 heterocycles. The molecule has 1 saturated carbocycles. The Balaban J connectivity index is 1.50. The third kappa shape index (κ3) is 2.84. The Bertz CT molecular complexity index is 709. The van der Waals surface area contributed by atoms with Crippen molar-refractivity contribution < 1.29 is 4.79 Å².